The highest BCUT2D eigenvalue weighted by Gasteiger charge is 2.53. The summed E-state index contributed by atoms with van der Waals surface area (Å²) in [5.74, 6) is 3.61. The summed E-state index contributed by atoms with van der Waals surface area (Å²) in [5, 5.41) is 0. The Kier molecular flexibility index (Phi) is 6.36. The van der Waals surface area contributed by atoms with Gasteiger partial charge >= 0.3 is 0 Å². The highest BCUT2D eigenvalue weighted by molar-refractivity contribution is 6.99. The third-order valence-corrected chi connectivity index (χ3v) is 13.8. The largest absolute Gasteiger partial charge is 0.458 e. The fourth-order valence-corrected chi connectivity index (χ4v) is 11.4. The van der Waals surface area contributed by atoms with Crippen molar-refractivity contribution in [3.8, 4) is 23.0 Å². The van der Waals surface area contributed by atoms with Crippen LogP contribution in [-0.2, 0) is 10.8 Å². The zero-order chi connectivity index (χ0) is 39.4. The van der Waals surface area contributed by atoms with Gasteiger partial charge in [-0.15, -0.1) is 0 Å². The average molecular weight is 759 g/mol. The second kappa shape index (κ2) is 11.4. The van der Waals surface area contributed by atoms with Crippen molar-refractivity contribution in [1.29, 1.82) is 0 Å². The average Bonchev–Trinajstić information content (AvgIpc) is 3.26. The third-order valence-electron chi connectivity index (χ3n) is 13.8. The van der Waals surface area contributed by atoms with Crippen molar-refractivity contribution in [3.05, 3.63) is 208 Å². The van der Waals surface area contributed by atoms with Gasteiger partial charge in [-0.05, 0) is 119 Å². The molecule has 0 saturated carbocycles. The van der Waals surface area contributed by atoms with Gasteiger partial charge in [0.1, 0.15) is 23.0 Å². The Balaban J connectivity index is 1.11. The highest BCUT2D eigenvalue weighted by Crippen LogP contribution is 2.64. The molecule has 0 radical (unpaired) electrons. The number of fused-ring (bicyclic) bond motifs is 8. The van der Waals surface area contributed by atoms with Crippen molar-refractivity contribution >= 4 is 57.2 Å². The first-order valence-corrected chi connectivity index (χ1v) is 20.7. The molecule has 5 aliphatic heterocycles. The van der Waals surface area contributed by atoms with E-state index in [0.717, 1.165) is 51.2 Å². The lowest BCUT2D eigenvalue weighted by Gasteiger charge is -2.51. The first-order chi connectivity index (χ1) is 28.8. The van der Waals surface area contributed by atoms with Crippen molar-refractivity contribution in [2.45, 2.75) is 38.5 Å². The van der Waals surface area contributed by atoms with Crippen LogP contribution in [0, 0.1) is 13.8 Å². The van der Waals surface area contributed by atoms with Crippen LogP contribution < -0.4 is 35.7 Å². The van der Waals surface area contributed by atoms with E-state index in [9.17, 15) is 0 Å². The SMILES string of the molecule is Cc1ccc2c(c1)C1(c3ccccc3N(c3ccccc3)c3ccccc31)c1cc(C)ccc1N2c1cc2c3c(c1)C(C)(C)c1cccc4c1B3c1c(cccc1O2)O4. The second-order valence-electron chi connectivity index (χ2n) is 17.4. The first kappa shape index (κ1) is 33.0. The number of anilines is 6. The Hall–Kier alpha value is -6.98. The molecule has 8 aromatic rings. The van der Waals surface area contributed by atoms with Crippen molar-refractivity contribution in [3.63, 3.8) is 0 Å². The normalized spacial score (nSPS) is 15.9. The van der Waals surface area contributed by atoms with Gasteiger partial charge in [-0.3, -0.25) is 0 Å². The molecule has 0 amide bonds. The molecule has 0 fully saturated rings. The van der Waals surface area contributed by atoms with Crippen LogP contribution in [-0.4, -0.2) is 6.71 Å². The molecule has 5 aliphatic rings. The lowest BCUT2D eigenvalue weighted by atomic mass is 9.30. The number of benzene rings is 8. The van der Waals surface area contributed by atoms with Crippen LogP contribution in [0.4, 0.5) is 34.1 Å². The van der Waals surface area contributed by atoms with E-state index >= 15 is 0 Å². The van der Waals surface area contributed by atoms with Crippen LogP contribution in [0.3, 0.4) is 0 Å². The van der Waals surface area contributed by atoms with Crippen LogP contribution in [0.15, 0.2) is 164 Å². The number of hydrogen-bond donors (Lipinski definition) is 0. The Morgan fingerprint density at radius 3 is 1.53 bits per heavy atom. The van der Waals surface area contributed by atoms with Gasteiger partial charge in [0, 0.05) is 22.6 Å². The van der Waals surface area contributed by atoms with Gasteiger partial charge < -0.3 is 19.3 Å². The Bertz CT molecular complexity index is 3050. The second-order valence-corrected chi connectivity index (χ2v) is 17.4. The van der Waals surface area contributed by atoms with Gasteiger partial charge in [-0.2, -0.15) is 0 Å². The van der Waals surface area contributed by atoms with Crippen LogP contribution in [0.2, 0.25) is 0 Å². The molecule has 59 heavy (non-hydrogen) atoms. The standard InChI is InChI=1S/C54H39BN2O2/c1-32-24-26-44-39(28-32)54(36-16-8-10-19-42(36)56(34-14-6-5-7-15-34)43-20-11-9-17-37(43)54)40-29-33(2)25-27-45(40)57(44)35-30-41-51-49(31-35)59-48-23-13-22-47-52(48)55(51)50-38(53(41,3)4)18-12-21-46(50)58-47/h5-31H,1-4H3. The zero-order valence-electron chi connectivity index (χ0n) is 33.4. The van der Waals surface area contributed by atoms with Gasteiger partial charge in [0.05, 0.1) is 33.9 Å². The molecule has 0 N–H and O–H groups in total. The molecule has 8 aromatic carbocycles. The van der Waals surface area contributed by atoms with E-state index < -0.39 is 5.41 Å². The highest BCUT2D eigenvalue weighted by atomic mass is 16.5. The van der Waals surface area contributed by atoms with E-state index in [2.05, 4.69) is 195 Å². The van der Waals surface area contributed by atoms with Crippen molar-refractivity contribution < 1.29 is 9.47 Å². The molecule has 0 aliphatic carbocycles. The van der Waals surface area contributed by atoms with E-state index in [-0.39, 0.29) is 12.1 Å². The predicted octanol–water partition coefficient (Wildman–Crippen LogP) is 11.6. The minimum absolute atomic E-state index is 0.0410. The summed E-state index contributed by atoms with van der Waals surface area (Å²) < 4.78 is 13.6. The molecular weight excluding hydrogens is 719 g/mol. The Labute approximate surface area is 345 Å². The number of rotatable bonds is 2. The first-order valence-electron chi connectivity index (χ1n) is 20.7. The summed E-state index contributed by atoms with van der Waals surface area (Å²) in [6, 6.07) is 60.6. The van der Waals surface area contributed by atoms with Crippen LogP contribution in [0.1, 0.15) is 58.4 Å². The maximum Gasteiger partial charge on any atom is 0.261 e. The van der Waals surface area contributed by atoms with Crippen LogP contribution in [0.25, 0.3) is 0 Å². The zero-order valence-corrected chi connectivity index (χ0v) is 33.4. The lowest BCUT2D eigenvalue weighted by molar-refractivity contribution is 0.460. The van der Waals surface area contributed by atoms with Gasteiger partial charge in [0.15, 0.2) is 0 Å². The number of aryl methyl sites for hydroxylation is 2. The van der Waals surface area contributed by atoms with E-state index in [4.69, 9.17) is 9.47 Å². The maximum absolute atomic E-state index is 7.03. The van der Waals surface area contributed by atoms with Gasteiger partial charge in [-0.25, -0.2) is 0 Å². The van der Waals surface area contributed by atoms with Gasteiger partial charge in [0.25, 0.3) is 6.71 Å². The molecule has 0 atom stereocenters. The molecule has 0 bridgehead atoms. The summed E-state index contributed by atoms with van der Waals surface area (Å²) in [6.45, 7) is 9.22. The summed E-state index contributed by atoms with van der Waals surface area (Å²) in [7, 11) is 0. The summed E-state index contributed by atoms with van der Waals surface area (Å²) in [5.41, 5.74) is 19.8. The monoisotopic (exact) mass is 758 g/mol. The summed E-state index contributed by atoms with van der Waals surface area (Å²) >= 11 is 0. The smallest absolute Gasteiger partial charge is 0.261 e. The van der Waals surface area contributed by atoms with E-state index in [0.29, 0.717) is 0 Å². The molecule has 5 heteroatoms. The Morgan fingerprint density at radius 2 is 0.881 bits per heavy atom. The minimum atomic E-state index is -0.608. The number of nitrogens with zero attached hydrogens (tertiary/aromatic N) is 2. The van der Waals surface area contributed by atoms with Crippen molar-refractivity contribution in [2.24, 2.45) is 0 Å². The molecule has 0 saturated heterocycles. The van der Waals surface area contributed by atoms with Crippen LogP contribution in [0.5, 0.6) is 23.0 Å². The molecule has 13 rings (SSSR count). The molecule has 4 nitrogen and oxygen atoms in total. The maximum atomic E-state index is 7.03. The fourth-order valence-electron chi connectivity index (χ4n) is 11.4. The van der Waals surface area contributed by atoms with Gasteiger partial charge in [0.2, 0.25) is 0 Å². The van der Waals surface area contributed by atoms with Gasteiger partial charge in [-0.1, -0.05) is 122 Å². The van der Waals surface area contributed by atoms with Crippen molar-refractivity contribution in [2.75, 3.05) is 9.80 Å². The third kappa shape index (κ3) is 4.10. The molecule has 0 unspecified atom stereocenters. The fraction of sp³-hybridized carbons (Fsp3) is 0.111. The van der Waals surface area contributed by atoms with Crippen LogP contribution >= 0.6 is 0 Å². The molecule has 280 valence electrons. The van der Waals surface area contributed by atoms with Crippen molar-refractivity contribution in [1.82, 2.24) is 0 Å². The molecule has 0 aromatic heterocycles. The van der Waals surface area contributed by atoms with E-state index in [1.165, 1.54) is 66.8 Å². The van der Waals surface area contributed by atoms with E-state index in [1.807, 2.05) is 6.07 Å². The molecule has 5 heterocycles. The topological polar surface area (TPSA) is 24.9 Å². The summed E-state index contributed by atoms with van der Waals surface area (Å²) in [4.78, 5) is 4.96. The van der Waals surface area contributed by atoms with E-state index in [1.54, 1.807) is 0 Å². The molecule has 1 spiro atoms. The molecular formula is C54H39BN2O2. The lowest BCUT2D eigenvalue weighted by Crippen LogP contribution is -2.64. The number of ether oxygens (including phenoxy) is 2. The Morgan fingerprint density at radius 1 is 0.390 bits per heavy atom. The summed E-state index contributed by atoms with van der Waals surface area (Å²) in [6.07, 6.45) is 0. The quantitative estimate of drug-likeness (QED) is 0.164. The predicted molar refractivity (Wildman–Crippen MR) is 241 cm³/mol. The number of para-hydroxylation sites is 3. The minimum Gasteiger partial charge on any atom is -0.458 e. The number of hydrogen-bond acceptors (Lipinski definition) is 4.